The standard InChI is InChI=1S/C22H24FN3O2/c1-14-10-11-24-20-17(22(28)25-18-4-2-3-5-19(18)27)13-26(21(14)20)12-15-6-8-16(23)9-7-15/h6-11,13,18-19,27H,2-5,12H2,1H3,(H,25,28). The van der Waals surface area contributed by atoms with E-state index in [-0.39, 0.29) is 17.8 Å². The van der Waals surface area contributed by atoms with Gasteiger partial charge in [-0.2, -0.15) is 0 Å². The Morgan fingerprint density at radius 3 is 2.75 bits per heavy atom. The van der Waals surface area contributed by atoms with Gasteiger partial charge in [0.1, 0.15) is 11.3 Å². The predicted molar refractivity (Wildman–Crippen MR) is 106 cm³/mol. The summed E-state index contributed by atoms with van der Waals surface area (Å²) in [6.45, 7) is 2.50. The number of nitrogens with zero attached hydrogens (tertiary/aromatic N) is 2. The molecule has 1 fully saturated rings. The highest BCUT2D eigenvalue weighted by Gasteiger charge is 2.26. The van der Waals surface area contributed by atoms with Crippen LogP contribution in [0.25, 0.3) is 11.0 Å². The van der Waals surface area contributed by atoms with Gasteiger partial charge in [0.2, 0.25) is 0 Å². The number of hydrogen-bond acceptors (Lipinski definition) is 3. The molecule has 6 heteroatoms. The number of nitrogens with one attached hydrogen (secondary N) is 1. The van der Waals surface area contributed by atoms with Crippen molar-refractivity contribution in [3.8, 4) is 0 Å². The van der Waals surface area contributed by atoms with Gasteiger partial charge in [-0.1, -0.05) is 25.0 Å². The highest BCUT2D eigenvalue weighted by molar-refractivity contribution is 6.06. The number of aliphatic hydroxyl groups is 1. The van der Waals surface area contributed by atoms with Crippen molar-refractivity contribution in [2.75, 3.05) is 0 Å². The first-order valence-electron chi connectivity index (χ1n) is 9.71. The molecule has 1 aliphatic rings. The van der Waals surface area contributed by atoms with Gasteiger partial charge in [0, 0.05) is 18.9 Å². The molecular weight excluding hydrogens is 357 g/mol. The number of fused-ring (bicyclic) bond motifs is 1. The van der Waals surface area contributed by atoms with E-state index in [9.17, 15) is 14.3 Å². The van der Waals surface area contributed by atoms with Gasteiger partial charge in [-0.05, 0) is 49.1 Å². The van der Waals surface area contributed by atoms with Crippen molar-refractivity contribution >= 4 is 16.9 Å². The Morgan fingerprint density at radius 2 is 2.00 bits per heavy atom. The first-order valence-corrected chi connectivity index (χ1v) is 9.71. The summed E-state index contributed by atoms with van der Waals surface area (Å²) < 4.78 is 15.2. The summed E-state index contributed by atoms with van der Waals surface area (Å²) in [5.74, 6) is -0.489. The Bertz CT molecular complexity index is 997. The summed E-state index contributed by atoms with van der Waals surface area (Å²) >= 11 is 0. The second kappa shape index (κ2) is 7.72. The molecule has 2 N–H and O–H groups in total. The van der Waals surface area contributed by atoms with Crippen molar-refractivity contribution < 1.29 is 14.3 Å². The van der Waals surface area contributed by atoms with Gasteiger partial charge in [0.25, 0.3) is 5.91 Å². The Kier molecular flexibility index (Phi) is 5.13. The largest absolute Gasteiger partial charge is 0.391 e. The maximum atomic E-state index is 13.2. The van der Waals surface area contributed by atoms with E-state index in [0.717, 1.165) is 35.9 Å². The first kappa shape index (κ1) is 18.6. The topological polar surface area (TPSA) is 67.2 Å². The number of carbonyl (C=O) groups excluding carboxylic acids is 1. The van der Waals surface area contributed by atoms with Crippen molar-refractivity contribution in [1.29, 1.82) is 0 Å². The highest BCUT2D eigenvalue weighted by Crippen LogP contribution is 2.25. The number of rotatable bonds is 4. The molecule has 0 spiro atoms. The van der Waals surface area contributed by atoms with E-state index in [1.165, 1.54) is 12.1 Å². The molecule has 0 aliphatic heterocycles. The number of pyridine rings is 1. The third-order valence-corrected chi connectivity index (χ3v) is 5.51. The van der Waals surface area contributed by atoms with Crippen LogP contribution in [0, 0.1) is 12.7 Å². The van der Waals surface area contributed by atoms with Crippen LogP contribution >= 0.6 is 0 Å². The van der Waals surface area contributed by atoms with Crippen LogP contribution in [0.2, 0.25) is 0 Å². The molecule has 1 aliphatic carbocycles. The molecule has 0 saturated heterocycles. The van der Waals surface area contributed by atoms with E-state index in [2.05, 4.69) is 10.3 Å². The zero-order valence-electron chi connectivity index (χ0n) is 15.9. The van der Waals surface area contributed by atoms with E-state index < -0.39 is 6.10 Å². The van der Waals surface area contributed by atoms with E-state index in [4.69, 9.17) is 0 Å². The van der Waals surface area contributed by atoms with E-state index in [0.29, 0.717) is 24.0 Å². The lowest BCUT2D eigenvalue weighted by molar-refractivity contribution is 0.0718. The molecule has 5 nitrogen and oxygen atoms in total. The number of aryl methyl sites for hydroxylation is 1. The number of halogens is 1. The van der Waals surface area contributed by atoms with Gasteiger partial charge >= 0.3 is 0 Å². The van der Waals surface area contributed by atoms with Crippen molar-refractivity contribution in [1.82, 2.24) is 14.9 Å². The monoisotopic (exact) mass is 381 g/mol. The number of hydrogen-bond donors (Lipinski definition) is 2. The average Bonchev–Trinajstić information content (AvgIpc) is 3.05. The predicted octanol–water partition coefficient (Wildman–Crippen LogP) is 3.57. The fraction of sp³-hybridized carbons (Fsp3) is 0.364. The molecule has 1 aromatic carbocycles. The molecule has 146 valence electrons. The van der Waals surface area contributed by atoms with Crippen LogP contribution in [0.15, 0.2) is 42.7 Å². The molecule has 2 unspecified atom stereocenters. The Morgan fingerprint density at radius 1 is 1.25 bits per heavy atom. The Balaban J connectivity index is 1.67. The number of aromatic nitrogens is 2. The third kappa shape index (κ3) is 3.64. The van der Waals surface area contributed by atoms with E-state index in [1.54, 1.807) is 24.5 Å². The van der Waals surface area contributed by atoms with E-state index >= 15 is 0 Å². The second-order valence-corrected chi connectivity index (χ2v) is 7.55. The smallest absolute Gasteiger partial charge is 0.255 e. The summed E-state index contributed by atoms with van der Waals surface area (Å²) in [4.78, 5) is 17.4. The van der Waals surface area contributed by atoms with Crippen molar-refractivity contribution in [2.45, 2.75) is 51.3 Å². The van der Waals surface area contributed by atoms with Crippen LogP contribution in [-0.2, 0) is 6.54 Å². The van der Waals surface area contributed by atoms with Crippen LogP contribution < -0.4 is 5.32 Å². The van der Waals surface area contributed by atoms with Gasteiger partial charge in [-0.15, -0.1) is 0 Å². The van der Waals surface area contributed by atoms with Crippen LogP contribution in [0.4, 0.5) is 4.39 Å². The quantitative estimate of drug-likeness (QED) is 0.726. The SMILES string of the molecule is Cc1ccnc2c(C(=O)NC3CCCCC3O)cn(Cc3ccc(F)cc3)c12. The van der Waals surface area contributed by atoms with Crippen molar-refractivity contribution in [3.05, 3.63) is 65.2 Å². The summed E-state index contributed by atoms with van der Waals surface area (Å²) in [6, 6.07) is 8.04. The Labute approximate surface area is 163 Å². The molecule has 28 heavy (non-hydrogen) atoms. The zero-order valence-corrected chi connectivity index (χ0v) is 15.9. The maximum Gasteiger partial charge on any atom is 0.255 e. The van der Waals surface area contributed by atoms with Gasteiger partial charge < -0.3 is 15.0 Å². The molecule has 0 bridgehead atoms. The van der Waals surface area contributed by atoms with Gasteiger partial charge in [0.05, 0.1) is 23.2 Å². The second-order valence-electron chi connectivity index (χ2n) is 7.55. The molecule has 0 radical (unpaired) electrons. The zero-order chi connectivity index (χ0) is 19.7. The van der Waals surface area contributed by atoms with Crippen molar-refractivity contribution in [3.63, 3.8) is 0 Å². The summed E-state index contributed by atoms with van der Waals surface area (Å²) in [5.41, 5.74) is 3.99. The number of amides is 1. The highest BCUT2D eigenvalue weighted by atomic mass is 19.1. The minimum atomic E-state index is -0.500. The van der Waals surface area contributed by atoms with Crippen LogP contribution in [0.5, 0.6) is 0 Å². The summed E-state index contributed by atoms with van der Waals surface area (Å²) in [5, 5.41) is 13.2. The molecule has 2 aromatic heterocycles. The summed E-state index contributed by atoms with van der Waals surface area (Å²) in [7, 11) is 0. The molecule has 1 saturated carbocycles. The van der Waals surface area contributed by atoms with Crippen molar-refractivity contribution in [2.24, 2.45) is 0 Å². The minimum absolute atomic E-state index is 0.216. The molecule has 2 heterocycles. The van der Waals surface area contributed by atoms with Crippen LogP contribution in [0.3, 0.4) is 0 Å². The fourth-order valence-electron chi connectivity index (χ4n) is 3.99. The molecular formula is C22H24FN3O2. The lowest BCUT2D eigenvalue weighted by Gasteiger charge is -2.28. The number of carbonyl (C=O) groups is 1. The average molecular weight is 381 g/mol. The summed E-state index contributed by atoms with van der Waals surface area (Å²) in [6.07, 6.45) is 6.50. The lowest BCUT2D eigenvalue weighted by Crippen LogP contribution is -2.45. The fourth-order valence-corrected chi connectivity index (χ4v) is 3.99. The van der Waals surface area contributed by atoms with E-state index in [1.807, 2.05) is 17.6 Å². The van der Waals surface area contributed by atoms with Crippen LogP contribution in [0.1, 0.15) is 47.2 Å². The lowest BCUT2D eigenvalue weighted by atomic mass is 9.92. The number of aliphatic hydroxyl groups excluding tert-OH is 1. The maximum absolute atomic E-state index is 13.2. The first-order chi connectivity index (χ1) is 13.5. The third-order valence-electron chi connectivity index (χ3n) is 5.51. The molecule has 2 atom stereocenters. The molecule has 1 amide bonds. The normalized spacial score (nSPS) is 19.7. The number of benzene rings is 1. The van der Waals surface area contributed by atoms with Gasteiger partial charge in [-0.3, -0.25) is 9.78 Å². The Hall–Kier alpha value is -2.73. The van der Waals surface area contributed by atoms with Gasteiger partial charge in [0.15, 0.2) is 0 Å². The molecule has 3 aromatic rings. The van der Waals surface area contributed by atoms with Gasteiger partial charge in [-0.25, -0.2) is 4.39 Å². The molecule has 4 rings (SSSR count). The van der Waals surface area contributed by atoms with Crippen LogP contribution in [-0.4, -0.2) is 32.7 Å². The minimum Gasteiger partial charge on any atom is -0.391 e.